The predicted octanol–water partition coefficient (Wildman–Crippen LogP) is 1.43. The molecule has 20 heavy (non-hydrogen) atoms. The SMILES string of the molecule is N=C(N)c1cccc(N2CCC(N3CCCCC3)C2)n1. The molecule has 0 saturated carbocycles. The van der Waals surface area contributed by atoms with Crippen LogP contribution in [0.3, 0.4) is 0 Å². The molecule has 0 radical (unpaired) electrons. The van der Waals surface area contributed by atoms with E-state index in [1.165, 1.54) is 38.8 Å². The van der Waals surface area contributed by atoms with E-state index in [4.69, 9.17) is 11.1 Å². The van der Waals surface area contributed by atoms with Crippen LogP contribution in [0.25, 0.3) is 0 Å². The van der Waals surface area contributed by atoms with Crippen LogP contribution in [0.2, 0.25) is 0 Å². The molecule has 2 aliphatic rings. The molecule has 0 aromatic carbocycles. The van der Waals surface area contributed by atoms with Crippen molar-refractivity contribution >= 4 is 11.7 Å². The number of nitrogens with two attached hydrogens (primary N) is 1. The average Bonchev–Trinajstić information content (AvgIpc) is 2.98. The van der Waals surface area contributed by atoms with E-state index in [0.29, 0.717) is 11.7 Å². The van der Waals surface area contributed by atoms with Crippen molar-refractivity contribution in [2.75, 3.05) is 31.1 Å². The monoisotopic (exact) mass is 273 g/mol. The van der Waals surface area contributed by atoms with Gasteiger partial charge in [-0.2, -0.15) is 0 Å². The fraction of sp³-hybridized carbons (Fsp3) is 0.600. The van der Waals surface area contributed by atoms with Gasteiger partial charge in [-0.3, -0.25) is 10.3 Å². The predicted molar refractivity (Wildman–Crippen MR) is 81.3 cm³/mol. The maximum Gasteiger partial charge on any atom is 0.141 e. The molecule has 0 amide bonds. The summed E-state index contributed by atoms with van der Waals surface area (Å²) >= 11 is 0. The van der Waals surface area contributed by atoms with E-state index >= 15 is 0 Å². The first kappa shape index (κ1) is 13.4. The minimum atomic E-state index is 0.0404. The van der Waals surface area contributed by atoms with Gasteiger partial charge >= 0.3 is 0 Å². The molecule has 2 saturated heterocycles. The molecule has 2 aliphatic heterocycles. The standard InChI is InChI=1S/C15H23N5/c16-15(17)13-5-4-6-14(18-13)20-10-7-12(11-20)19-8-2-1-3-9-19/h4-6,12H,1-3,7-11H2,(H3,16,17). The molecule has 3 N–H and O–H groups in total. The van der Waals surface area contributed by atoms with Crippen LogP contribution in [0.1, 0.15) is 31.4 Å². The number of hydrogen-bond acceptors (Lipinski definition) is 4. The summed E-state index contributed by atoms with van der Waals surface area (Å²) in [7, 11) is 0. The van der Waals surface area contributed by atoms with Gasteiger partial charge in [-0.1, -0.05) is 12.5 Å². The first-order valence-electron chi connectivity index (χ1n) is 7.54. The van der Waals surface area contributed by atoms with E-state index in [1.807, 2.05) is 12.1 Å². The van der Waals surface area contributed by atoms with Gasteiger partial charge in [0.25, 0.3) is 0 Å². The third kappa shape index (κ3) is 2.77. The van der Waals surface area contributed by atoms with Crippen molar-refractivity contribution in [1.82, 2.24) is 9.88 Å². The van der Waals surface area contributed by atoms with Crippen LogP contribution in [0.15, 0.2) is 18.2 Å². The number of hydrogen-bond donors (Lipinski definition) is 2. The lowest BCUT2D eigenvalue weighted by molar-refractivity contribution is 0.175. The van der Waals surface area contributed by atoms with Gasteiger partial charge in [0.2, 0.25) is 0 Å². The molecular weight excluding hydrogens is 250 g/mol. The second-order valence-electron chi connectivity index (χ2n) is 5.78. The van der Waals surface area contributed by atoms with E-state index in [1.54, 1.807) is 6.07 Å². The summed E-state index contributed by atoms with van der Waals surface area (Å²) in [6.07, 6.45) is 5.28. The lowest BCUT2D eigenvalue weighted by Crippen LogP contribution is -2.41. The Labute approximate surface area is 120 Å². The van der Waals surface area contributed by atoms with Gasteiger partial charge in [-0.05, 0) is 44.5 Å². The fourth-order valence-electron chi connectivity index (χ4n) is 3.28. The second kappa shape index (κ2) is 5.79. The van der Waals surface area contributed by atoms with Crippen LogP contribution in [-0.4, -0.2) is 47.9 Å². The van der Waals surface area contributed by atoms with Crippen LogP contribution in [0.5, 0.6) is 0 Å². The number of aromatic nitrogens is 1. The molecule has 108 valence electrons. The number of pyridine rings is 1. The zero-order chi connectivity index (χ0) is 13.9. The molecule has 2 fully saturated rings. The van der Waals surface area contributed by atoms with Crippen LogP contribution in [0.4, 0.5) is 5.82 Å². The van der Waals surface area contributed by atoms with E-state index in [0.717, 1.165) is 18.9 Å². The highest BCUT2D eigenvalue weighted by molar-refractivity contribution is 5.93. The minimum absolute atomic E-state index is 0.0404. The highest BCUT2D eigenvalue weighted by atomic mass is 15.3. The largest absolute Gasteiger partial charge is 0.382 e. The smallest absolute Gasteiger partial charge is 0.141 e. The van der Waals surface area contributed by atoms with Crippen LogP contribution < -0.4 is 10.6 Å². The van der Waals surface area contributed by atoms with E-state index in [-0.39, 0.29) is 5.84 Å². The fourth-order valence-corrected chi connectivity index (χ4v) is 3.28. The van der Waals surface area contributed by atoms with E-state index in [2.05, 4.69) is 14.8 Å². The molecule has 5 heteroatoms. The molecule has 1 aromatic heterocycles. The molecule has 1 atom stereocenters. The van der Waals surface area contributed by atoms with Gasteiger partial charge < -0.3 is 10.6 Å². The number of amidine groups is 1. The van der Waals surface area contributed by atoms with Crippen molar-refractivity contribution in [2.24, 2.45) is 5.73 Å². The Morgan fingerprint density at radius 2 is 2.00 bits per heavy atom. The lowest BCUT2D eigenvalue weighted by Gasteiger charge is -2.32. The average molecular weight is 273 g/mol. The number of likely N-dealkylation sites (tertiary alicyclic amines) is 1. The van der Waals surface area contributed by atoms with Crippen LogP contribution in [0, 0.1) is 5.41 Å². The number of piperidine rings is 1. The van der Waals surface area contributed by atoms with Gasteiger partial charge in [0.05, 0.1) is 0 Å². The summed E-state index contributed by atoms with van der Waals surface area (Å²) in [5.41, 5.74) is 6.09. The zero-order valence-electron chi connectivity index (χ0n) is 11.9. The van der Waals surface area contributed by atoms with Gasteiger partial charge in [-0.15, -0.1) is 0 Å². The Balaban J connectivity index is 1.67. The Morgan fingerprint density at radius 1 is 1.20 bits per heavy atom. The van der Waals surface area contributed by atoms with Gasteiger partial charge in [0.15, 0.2) is 0 Å². The quantitative estimate of drug-likeness (QED) is 0.646. The number of nitrogens with one attached hydrogen (secondary N) is 1. The summed E-state index contributed by atoms with van der Waals surface area (Å²) in [5.74, 6) is 0.996. The summed E-state index contributed by atoms with van der Waals surface area (Å²) < 4.78 is 0. The molecular formula is C15H23N5. The highest BCUT2D eigenvalue weighted by Gasteiger charge is 2.29. The van der Waals surface area contributed by atoms with Crippen LogP contribution >= 0.6 is 0 Å². The number of nitrogens with zero attached hydrogens (tertiary/aromatic N) is 3. The molecule has 3 heterocycles. The van der Waals surface area contributed by atoms with E-state index in [9.17, 15) is 0 Å². The van der Waals surface area contributed by atoms with Crippen molar-refractivity contribution in [1.29, 1.82) is 5.41 Å². The highest BCUT2D eigenvalue weighted by Crippen LogP contribution is 2.23. The van der Waals surface area contributed by atoms with Crippen molar-refractivity contribution in [3.63, 3.8) is 0 Å². The van der Waals surface area contributed by atoms with Crippen LogP contribution in [-0.2, 0) is 0 Å². The normalized spacial score (nSPS) is 24.0. The second-order valence-corrected chi connectivity index (χ2v) is 5.78. The Morgan fingerprint density at radius 3 is 2.75 bits per heavy atom. The molecule has 0 spiro atoms. The van der Waals surface area contributed by atoms with Crippen molar-refractivity contribution in [3.8, 4) is 0 Å². The third-order valence-electron chi connectivity index (χ3n) is 4.40. The summed E-state index contributed by atoms with van der Waals surface area (Å²) in [5, 5.41) is 7.49. The van der Waals surface area contributed by atoms with Gasteiger partial charge in [0.1, 0.15) is 17.3 Å². The van der Waals surface area contributed by atoms with Gasteiger partial charge in [0, 0.05) is 19.1 Å². The van der Waals surface area contributed by atoms with E-state index < -0.39 is 0 Å². The maximum atomic E-state index is 7.49. The molecule has 3 rings (SSSR count). The summed E-state index contributed by atoms with van der Waals surface area (Å²) in [4.78, 5) is 9.45. The Hall–Kier alpha value is -1.62. The Kier molecular flexibility index (Phi) is 3.87. The van der Waals surface area contributed by atoms with Gasteiger partial charge in [-0.25, -0.2) is 4.98 Å². The third-order valence-corrected chi connectivity index (χ3v) is 4.40. The molecule has 0 bridgehead atoms. The maximum absolute atomic E-state index is 7.49. The van der Waals surface area contributed by atoms with Crippen molar-refractivity contribution in [2.45, 2.75) is 31.7 Å². The topological polar surface area (TPSA) is 69.2 Å². The zero-order valence-corrected chi connectivity index (χ0v) is 11.9. The van der Waals surface area contributed by atoms with Crippen molar-refractivity contribution < 1.29 is 0 Å². The first-order valence-corrected chi connectivity index (χ1v) is 7.54. The first-order chi connectivity index (χ1) is 9.74. The Bertz CT molecular complexity index is 481. The molecule has 5 nitrogen and oxygen atoms in total. The summed E-state index contributed by atoms with van der Waals surface area (Å²) in [6, 6.07) is 6.42. The molecule has 0 aliphatic carbocycles. The number of anilines is 1. The molecule has 1 aromatic rings. The van der Waals surface area contributed by atoms with Crippen molar-refractivity contribution in [3.05, 3.63) is 23.9 Å². The lowest BCUT2D eigenvalue weighted by atomic mass is 10.1. The molecule has 1 unspecified atom stereocenters. The minimum Gasteiger partial charge on any atom is -0.382 e. The number of nitrogen functional groups attached to an aromatic ring is 1. The summed E-state index contributed by atoms with van der Waals surface area (Å²) in [6.45, 7) is 4.60. The number of rotatable bonds is 3.